The highest BCUT2D eigenvalue weighted by molar-refractivity contribution is 6.10. The molecular formula is C25H24N4O6. The van der Waals surface area contributed by atoms with E-state index in [9.17, 15) is 14.4 Å². The van der Waals surface area contributed by atoms with Crippen LogP contribution in [0.2, 0.25) is 0 Å². The summed E-state index contributed by atoms with van der Waals surface area (Å²) in [4.78, 5) is 47.2. The van der Waals surface area contributed by atoms with Gasteiger partial charge in [0.1, 0.15) is 28.3 Å². The molecule has 0 spiro atoms. The van der Waals surface area contributed by atoms with Crippen molar-refractivity contribution in [1.82, 2.24) is 15.2 Å². The first-order chi connectivity index (χ1) is 17.0. The van der Waals surface area contributed by atoms with Gasteiger partial charge in [-0.05, 0) is 29.8 Å². The number of carbonyl (C=O) groups excluding carboxylic acids is 3. The highest BCUT2D eigenvalue weighted by Gasteiger charge is 2.53. The number of anilines is 1. The molecule has 10 heteroatoms. The third kappa shape index (κ3) is 3.52. The zero-order valence-electron chi connectivity index (χ0n) is 19.2. The van der Waals surface area contributed by atoms with Gasteiger partial charge in [0.15, 0.2) is 5.58 Å². The van der Waals surface area contributed by atoms with E-state index in [2.05, 4.69) is 10.2 Å². The summed E-state index contributed by atoms with van der Waals surface area (Å²) in [6.45, 7) is 3.11. The van der Waals surface area contributed by atoms with Gasteiger partial charge in [-0.3, -0.25) is 19.7 Å². The van der Waals surface area contributed by atoms with Gasteiger partial charge in [0.25, 0.3) is 5.91 Å². The number of furan rings is 1. The number of hydrogen-bond acceptors (Lipinski definition) is 8. The van der Waals surface area contributed by atoms with Crippen LogP contribution in [0, 0.1) is 0 Å². The van der Waals surface area contributed by atoms with Gasteiger partial charge in [-0.1, -0.05) is 6.07 Å². The van der Waals surface area contributed by atoms with E-state index in [1.54, 1.807) is 30.2 Å². The van der Waals surface area contributed by atoms with Crippen LogP contribution in [0.3, 0.4) is 0 Å². The predicted octanol–water partition coefficient (Wildman–Crippen LogP) is 1.61. The fourth-order valence-electron chi connectivity index (χ4n) is 5.09. The van der Waals surface area contributed by atoms with Gasteiger partial charge >= 0.3 is 0 Å². The number of fused-ring (bicyclic) bond motifs is 2. The Balaban J connectivity index is 1.35. The Morgan fingerprint density at radius 2 is 1.94 bits per heavy atom. The molecule has 1 N–H and O–H groups in total. The summed E-state index contributed by atoms with van der Waals surface area (Å²) in [5, 5.41) is 2.40. The van der Waals surface area contributed by atoms with Crippen molar-refractivity contribution in [2.75, 3.05) is 44.9 Å². The monoisotopic (exact) mass is 476 g/mol. The minimum Gasteiger partial charge on any atom is -0.497 e. The van der Waals surface area contributed by atoms with Crippen LogP contribution >= 0.6 is 0 Å². The SMILES string of the molecule is COc1ccc2c(c1)C(=O)N(C[C@@]1(c3cc4nc(N5CCOCC5)ccc4o3)CC(=O)NC1=O)C2. The van der Waals surface area contributed by atoms with Gasteiger partial charge in [-0.2, -0.15) is 0 Å². The van der Waals surface area contributed by atoms with E-state index >= 15 is 0 Å². The number of amides is 3. The minimum absolute atomic E-state index is 0.0105. The van der Waals surface area contributed by atoms with E-state index < -0.39 is 17.2 Å². The van der Waals surface area contributed by atoms with Crippen LogP contribution < -0.4 is 15.0 Å². The predicted molar refractivity (Wildman–Crippen MR) is 124 cm³/mol. The number of ether oxygens (including phenoxy) is 2. The van der Waals surface area contributed by atoms with Crippen LogP contribution in [-0.2, 0) is 26.3 Å². The Hall–Kier alpha value is -3.92. The lowest BCUT2D eigenvalue weighted by molar-refractivity contribution is -0.127. The highest BCUT2D eigenvalue weighted by Crippen LogP contribution is 2.39. The summed E-state index contributed by atoms with van der Waals surface area (Å²) >= 11 is 0. The van der Waals surface area contributed by atoms with Crippen molar-refractivity contribution in [1.29, 1.82) is 0 Å². The molecule has 0 saturated carbocycles. The molecule has 2 aromatic heterocycles. The molecule has 2 saturated heterocycles. The Kier molecular flexibility index (Phi) is 4.99. The van der Waals surface area contributed by atoms with E-state index in [1.165, 1.54) is 0 Å². The zero-order chi connectivity index (χ0) is 24.2. The second-order valence-electron chi connectivity index (χ2n) is 9.08. The van der Waals surface area contributed by atoms with Crippen molar-refractivity contribution in [3.63, 3.8) is 0 Å². The second kappa shape index (κ2) is 8.09. The second-order valence-corrected chi connectivity index (χ2v) is 9.08. The molecule has 3 aliphatic rings. The molecule has 3 amide bonds. The fraction of sp³-hybridized carbons (Fsp3) is 0.360. The van der Waals surface area contributed by atoms with Crippen LogP contribution in [0.15, 0.2) is 40.8 Å². The third-order valence-electron chi connectivity index (χ3n) is 6.97. The van der Waals surface area contributed by atoms with Crippen molar-refractivity contribution in [2.45, 2.75) is 18.4 Å². The first-order valence-corrected chi connectivity index (χ1v) is 11.5. The number of morpholine rings is 1. The molecule has 6 rings (SSSR count). The molecule has 1 atom stereocenters. The standard InChI is InChI=1S/C25H24N4O6/c1-33-16-3-2-15-13-29(23(31)17(15)10-16)14-25(12-22(30)27-24(25)32)20-11-18-19(35-20)4-5-21(26-18)28-6-8-34-9-7-28/h2-5,10-11H,6-9,12-14H2,1H3,(H,27,30,32)/t25-/m1/s1. The number of imide groups is 1. The summed E-state index contributed by atoms with van der Waals surface area (Å²) in [6.07, 6.45) is -0.106. The van der Waals surface area contributed by atoms with Crippen LogP contribution in [0.4, 0.5) is 5.82 Å². The van der Waals surface area contributed by atoms with Crippen LogP contribution in [0.5, 0.6) is 5.75 Å². The van der Waals surface area contributed by atoms with Gasteiger partial charge in [-0.25, -0.2) is 4.98 Å². The molecule has 1 aromatic carbocycles. The zero-order valence-corrected chi connectivity index (χ0v) is 19.2. The number of pyridine rings is 1. The summed E-state index contributed by atoms with van der Waals surface area (Å²) in [5.41, 5.74) is 1.15. The average molecular weight is 476 g/mol. The minimum atomic E-state index is -1.33. The molecule has 3 aromatic rings. The molecule has 10 nitrogen and oxygen atoms in total. The quantitative estimate of drug-likeness (QED) is 0.553. The molecule has 0 unspecified atom stereocenters. The Morgan fingerprint density at radius 3 is 2.69 bits per heavy atom. The Bertz CT molecular complexity index is 1360. The number of methoxy groups -OCH3 is 1. The summed E-state index contributed by atoms with van der Waals surface area (Å²) in [6, 6.07) is 10.8. The van der Waals surface area contributed by atoms with E-state index in [4.69, 9.17) is 18.9 Å². The maximum atomic E-state index is 13.2. The number of benzene rings is 1. The number of carbonyl (C=O) groups is 3. The maximum absolute atomic E-state index is 13.2. The number of nitrogens with zero attached hydrogens (tertiary/aromatic N) is 3. The fourth-order valence-corrected chi connectivity index (χ4v) is 5.09. The normalized spacial score (nSPS) is 22.1. The largest absolute Gasteiger partial charge is 0.497 e. The Morgan fingerprint density at radius 1 is 1.11 bits per heavy atom. The maximum Gasteiger partial charge on any atom is 0.254 e. The Labute approximate surface area is 200 Å². The van der Waals surface area contributed by atoms with Crippen molar-refractivity contribution in [2.24, 2.45) is 0 Å². The van der Waals surface area contributed by atoms with Gasteiger partial charge in [0, 0.05) is 37.8 Å². The van der Waals surface area contributed by atoms with E-state index in [0.29, 0.717) is 47.9 Å². The number of aromatic nitrogens is 1. The van der Waals surface area contributed by atoms with Crippen molar-refractivity contribution >= 4 is 34.6 Å². The third-order valence-corrected chi connectivity index (χ3v) is 6.97. The van der Waals surface area contributed by atoms with Crippen LogP contribution in [-0.4, -0.2) is 67.6 Å². The van der Waals surface area contributed by atoms with E-state index in [-0.39, 0.29) is 18.9 Å². The van der Waals surface area contributed by atoms with E-state index in [0.717, 1.165) is 24.5 Å². The topological polar surface area (TPSA) is 114 Å². The molecule has 180 valence electrons. The van der Waals surface area contributed by atoms with Gasteiger partial charge in [0.05, 0.1) is 26.7 Å². The summed E-state index contributed by atoms with van der Waals surface area (Å²) in [5.74, 6) is 0.618. The van der Waals surface area contributed by atoms with Crippen LogP contribution in [0.1, 0.15) is 28.1 Å². The van der Waals surface area contributed by atoms with Crippen molar-refractivity contribution in [3.8, 4) is 5.75 Å². The molecule has 35 heavy (non-hydrogen) atoms. The van der Waals surface area contributed by atoms with Crippen LogP contribution in [0.25, 0.3) is 11.1 Å². The smallest absolute Gasteiger partial charge is 0.254 e. The molecule has 5 heterocycles. The molecule has 0 bridgehead atoms. The van der Waals surface area contributed by atoms with Crippen molar-refractivity contribution in [3.05, 3.63) is 53.3 Å². The molecular weight excluding hydrogens is 452 g/mol. The van der Waals surface area contributed by atoms with Crippen molar-refractivity contribution < 1.29 is 28.3 Å². The number of nitrogens with one attached hydrogen (secondary N) is 1. The van der Waals surface area contributed by atoms with Gasteiger partial charge < -0.3 is 23.7 Å². The average Bonchev–Trinajstić information content (AvgIpc) is 3.53. The summed E-state index contributed by atoms with van der Waals surface area (Å²) < 4.78 is 16.8. The number of hydrogen-bond donors (Lipinski definition) is 1. The first kappa shape index (κ1) is 21.6. The summed E-state index contributed by atoms with van der Waals surface area (Å²) in [7, 11) is 1.54. The van der Waals surface area contributed by atoms with Gasteiger partial charge in [-0.15, -0.1) is 0 Å². The highest BCUT2D eigenvalue weighted by atomic mass is 16.5. The lowest BCUT2D eigenvalue weighted by Gasteiger charge is -2.28. The molecule has 2 fully saturated rings. The lowest BCUT2D eigenvalue weighted by atomic mass is 9.82. The first-order valence-electron chi connectivity index (χ1n) is 11.5. The van der Waals surface area contributed by atoms with E-state index in [1.807, 2.05) is 18.2 Å². The lowest BCUT2D eigenvalue weighted by Crippen LogP contribution is -2.46. The molecule has 0 radical (unpaired) electrons. The number of rotatable bonds is 5. The van der Waals surface area contributed by atoms with Gasteiger partial charge in [0.2, 0.25) is 11.8 Å². The molecule has 0 aliphatic carbocycles. The molecule has 3 aliphatic heterocycles.